The van der Waals surface area contributed by atoms with Crippen molar-refractivity contribution in [2.75, 3.05) is 0 Å². The average molecular weight is 392 g/mol. The van der Waals surface area contributed by atoms with Crippen LogP contribution in [0.5, 0.6) is 0 Å². The summed E-state index contributed by atoms with van der Waals surface area (Å²) in [6.45, 7) is 4.69. The molecule has 5 nitrogen and oxygen atoms in total. The van der Waals surface area contributed by atoms with E-state index in [1.807, 2.05) is 6.07 Å². The van der Waals surface area contributed by atoms with Crippen LogP contribution >= 0.6 is 0 Å². The summed E-state index contributed by atoms with van der Waals surface area (Å²) < 4.78 is 0. The monoisotopic (exact) mass is 391 g/mol. The molecule has 3 saturated carbocycles. The van der Waals surface area contributed by atoms with Gasteiger partial charge in [0.15, 0.2) is 0 Å². The number of fused-ring (bicyclic) bond motifs is 6. The molecule has 0 saturated heterocycles. The number of nitriles is 2. The maximum absolute atomic E-state index is 12.3. The van der Waals surface area contributed by atoms with Gasteiger partial charge in [0.1, 0.15) is 17.7 Å². The van der Waals surface area contributed by atoms with Gasteiger partial charge in [0.05, 0.1) is 11.7 Å². The summed E-state index contributed by atoms with van der Waals surface area (Å²) in [4.78, 5) is 15.2. The molecule has 7 atom stereocenters. The molecule has 0 unspecified atom stereocenters. The predicted molar refractivity (Wildman–Crippen MR) is 108 cm³/mol. The maximum atomic E-state index is 12.3. The number of aliphatic hydroxyl groups excluding tert-OH is 1. The van der Waals surface area contributed by atoms with Crippen LogP contribution in [0.3, 0.4) is 0 Å². The summed E-state index contributed by atoms with van der Waals surface area (Å²) in [6.07, 6.45) is 8.03. The topological polar surface area (TPSA) is 101 Å². The minimum absolute atomic E-state index is 0.0317. The van der Waals surface area contributed by atoms with Gasteiger partial charge in [-0.2, -0.15) is 10.5 Å². The van der Waals surface area contributed by atoms with Gasteiger partial charge in [-0.25, -0.2) is 0 Å². The summed E-state index contributed by atoms with van der Waals surface area (Å²) in [5.41, 5.74) is 1.77. The highest BCUT2D eigenvalue weighted by molar-refractivity contribution is 5.52. The van der Waals surface area contributed by atoms with Crippen LogP contribution in [0.2, 0.25) is 0 Å². The third-order valence-corrected chi connectivity index (χ3v) is 9.65. The lowest BCUT2D eigenvalue weighted by Gasteiger charge is -2.60. The Bertz CT molecular complexity index is 1010. The minimum Gasteiger partial charge on any atom is -0.393 e. The highest BCUT2D eigenvalue weighted by atomic mass is 16.3. The van der Waals surface area contributed by atoms with Gasteiger partial charge >= 0.3 is 0 Å². The van der Waals surface area contributed by atoms with E-state index in [0.717, 1.165) is 56.2 Å². The van der Waals surface area contributed by atoms with Crippen LogP contribution in [-0.4, -0.2) is 16.2 Å². The van der Waals surface area contributed by atoms with E-state index in [-0.39, 0.29) is 22.5 Å². The van der Waals surface area contributed by atoms with Crippen LogP contribution in [0, 0.1) is 57.2 Å². The van der Waals surface area contributed by atoms with E-state index >= 15 is 0 Å². The number of hydrogen-bond donors (Lipinski definition) is 2. The fourth-order valence-corrected chi connectivity index (χ4v) is 8.04. The SMILES string of the molecule is C[C@]12Cc3c([nH]c(=O)c(C#N)c3C#N)C[C@@H]1CC[C@@H]1[C@@H]2CC[C@]2(C)[C@@H](O)CC[C@@H]12. The van der Waals surface area contributed by atoms with Crippen molar-refractivity contribution in [2.45, 2.75) is 71.3 Å². The van der Waals surface area contributed by atoms with Crippen molar-refractivity contribution in [1.82, 2.24) is 4.98 Å². The Balaban J connectivity index is 1.57. The minimum atomic E-state index is -0.423. The number of aromatic amines is 1. The van der Waals surface area contributed by atoms with Crippen LogP contribution in [0.25, 0.3) is 0 Å². The molecule has 152 valence electrons. The highest BCUT2D eigenvalue weighted by Gasteiger charge is 2.60. The Hall–Kier alpha value is -2.11. The molecular formula is C24H29N3O2. The van der Waals surface area contributed by atoms with Gasteiger partial charge in [-0.1, -0.05) is 13.8 Å². The van der Waals surface area contributed by atoms with Crippen molar-refractivity contribution in [3.05, 3.63) is 32.7 Å². The number of H-pyrrole nitrogens is 1. The van der Waals surface area contributed by atoms with E-state index in [1.165, 1.54) is 6.42 Å². The molecule has 2 N–H and O–H groups in total. The van der Waals surface area contributed by atoms with E-state index in [1.54, 1.807) is 0 Å². The molecule has 0 aliphatic heterocycles. The molecule has 5 heteroatoms. The molecule has 3 fully saturated rings. The van der Waals surface area contributed by atoms with Gasteiger partial charge in [0.25, 0.3) is 5.56 Å². The van der Waals surface area contributed by atoms with Gasteiger partial charge in [0.2, 0.25) is 0 Å². The first kappa shape index (κ1) is 18.9. The first-order chi connectivity index (χ1) is 13.8. The van der Waals surface area contributed by atoms with Crippen molar-refractivity contribution in [1.29, 1.82) is 10.5 Å². The lowest BCUT2D eigenvalue weighted by molar-refractivity contribution is -0.111. The number of hydrogen-bond acceptors (Lipinski definition) is 4. The van der Waals surface area contributed by atoms with Gasteiger partial charge < -0.3 is 10.1 Å². The van der Waals surface area contributed by atoms with Crippen LogP contribution in [0.1, 0.15) is 74.8 Å². The molecule has 4 aliphatic carbocycles. The summed E-state index contributed by atoms with van der Waals surface area (Å²) in [6, 6.07) is 4.13. The zero-order valence-electron chi connectivity index (χ0n) is 17.3. The maximum Gasteiger partial charge on any atom is 0.267 e. The third-order valence-electron chi connectivity index (χ3n) is 9.65. The van der Waals surface area contributed by atoms with E-state index in [4.69, 9.17) is 0 Å². The summed E-state index contributed by atoms with van der Waals surface area (Å²) in [7, 11) is 0. The lowest BCUT2D eigenvalue weighted by Crippen LogP contribution is -2.55. The van der Waals surface area contributed by atoms with Crippen molar-refractivity contribution in [3.63, 3.8) is 0 Å². The van der Waals surface area contributed by atoms with Crippen LogP contribution < -0.4 is 5.56 Å². The predicted octanol–water partition coefficient (Wildman–Crippen LogP) is 3.44. The molecule has 0 amide bonds. The van der Waals surface area contributed by atoms with Gasteiger partial charge in [-0.15, -0.1) is 0 Å². The number of aromatic nitrogens is 1. The smallest absolute Gasteiger partial charge is 0.267 e. The molecule has 29 heavy (non-hydrogen) atoms. The normalized spacial score (nSPS) is 42.6. The summed E-state index contributed by atoms with van der Waals surface area (Å²) in [5.74, 6) is 2.32. The Morgan fingerprint density at radius 1 is 1.00 bits per heavy atom. The Morgan fingerprint density at radius 2 is 1.72 bits per heavy atom. The molecule has 4 aliphatic rings. The molecule has 0 bridgehead atoms. The molecule has 1 heterocycles. The second-order valence-corrected chi connectivity index (χ2v) is 10.6. The van der Waals surface area contributed by atoms with E-state index in [9.17, 15) is 20.4 Å². The van der Waals surface area contributed by atoms with Crippen molar-refractivity contribution < 1.29 is 5.11 Å². The zero-order valence-corrected chi connectivity index (χ0v) is 17.3. The number of aliphatic hydroxyl groups is 1. The molecule has 1 aromatic rings. The van der Waals surface area contributed by atoms with Crippen LogP contribution in [-0.2, 0) is 12.8 Å². The largest absolute Gasteiger partial charge is 0.393 e. The molecule has 1 aromatic heterocycles. The Labute approximate surface area is 171 Å². The Morgan fingerprint density at radius 3 is 2.45 bits per heavy atom. The standard InChI is InChI=1S/C24H29N3O2/c1-23-8-7-19-14(18(23)5-6-21(23)28)4-3-13-9-20-15(10-24(13,19)2)16(11-25)17(12-26)22(29)27-20/h13-14,18-19,21,28H,3-10H2,1-2H3,(H,27,29)/t13-,14-,18-,19-,21-,23-,24-/m0/s1. The van der Waals surface area contributed by atoms with Gasteiger partial charge in [-0.3, -0.25) is 4.79 Å². The van der Waals surface area contributed by atoms with E-state index in [2.05, 4.69) is 24.9 Å². The molecule has 0 spiro atoms. The third kappa shape index (κ3) is 2.37. The van der Waals surface area contributed by atoms with Crippen LogP contribution in [0.4, 0.5) is 0 Å². The molecule has 0 radical (unpaired) electrons. The number of nitrogens with one attached hydrogen (secondary N) is 1. The number of nitrogens with zero attached hydrogens (tertiary/aromatic N) is 2. The molecular weight excluding hydrogens is 362 g/mol. The summed E-state index contributed by atoms with van der Waals surface area (Å²) in [5, 5.41) is 29.8. The van der Waals surface area contributed by atoms with E-state index < -0.39 is 5.56 Å². The van der Waals surface area contributed by atoms with E-state index in [0.29, 0.717) is 29.2 Å². The summed E-state index contributed by atoms with van der Waals surface area (Å²) >= 11 is 0. The second kappa shape index (κ2) is 6.19. The average Bonchev–Trinajstić information content (AvgIpc) is 3.00. The second-order valence-electron chi connectivity index (χ2n) is 10.6. The zero-order chi connectivity index (χ0) is 20.6. The van der Waals surface area contributed by atoms with Gasteiger partial charge in [-0.05, 0) is 91.4 Å². The fraction of sp³-hybridized carbons (Fsp3) is 0.708. The molecule has 0 aromatic carbocycles. The number of rotatable bonds is 0. The van der Waals surface area contributed by atoms with Crippen LogP contribution in [0.15, 0.2) is 4.79 Å². The first-order valence-corrected chi connectivity index (χ1v) is 11.1. The van der Waals surface area contributed by atoms with Gasteiger partial charge in [0, 0.05) is 5.69 Å². The molecule has 5 rings (SSSR count). The fourth-order valence-electron chi connectivity index (χ4n) is 8.04. The van der Waals surface area contributed by atoms with Crippen molar-refractivity contribution >= 4 is 0 Å². The first-order valence-electron chi connectivity index (χ1n) is 11.1. The van der Waals surface area contributed by atoms with Crippen molar-refractivity contribution in [2.24, 2.45) is 34.5 Å². The van der Waals surface area contributed by atoms with Crippen molar-refractivity contribution in [3.8, 4) is 12.1 Å². The quantitative estimate of drug-likeness (QED) is 0.707. The number of pyridine rings is 1. The Kier molecular flexibility index (Phi) is 4.03. The lowest BCUT2D eigenvalue weighted by atomic mass is 9.45. The highest BCUT2D eigenvalue weighted by Crippen LogP contribution is 2.65.